The van der Waals surface area contributed by atoms with Crippen molar-refractivity contribution in [3.8, 4) is 11.9 Å². The molecular formula is C19H14ClF3N8OS. The van der Waals surface area contributed by atoms with E-state index in [9.17, 15) is 17.4 Å². The third kappa shape index (κ3) is 4.53. The molecule has 4 rings (SSSR count). The maximum atomic E-state index is 13.3. The second-order valence-corrected chi connectivity index (χ2v) is 9.45. The van der Waals surface area contributed by atoms with Crippen LogP contribution in [0.2, 0.25) is 5.02 Å². The fraction of sp³-hybridized carbons (Fsp3) is 0.211. The maximum absolute atomic E-state index is 13.3. The van der Waals surface area contributed by atoms with Crippen LogP contribution in [0.4, 0.5) is 18.9 Å². The average molecular weight is 495 g/mol. The van der Waals surface area contributed by atoms with Crippen molar-refractivity contribution < 1.29 is 17.4 Å². The van der Waals surface area contributed by atoms with Crippen molar-refractivity contribution in [2.24, 2.45) is 9.36 Å². The van der Waals surface area contributed by atoms with Crippen molar-refractivity contribution >= 4 is 33.0 Å². The van der Waals surface area contributed by atoms with Gasteiger partial charge in [-0.3, -0.25) is 9.71 Å². The number of benzene rings is 1. The molecule has 2 atom stereocenters. The zero-order valence-electron chi connectivity index (χ0n) is 17.0. The summed E-state index contributed by atoms with van der Waals surface area (Å²) in [5.41, 5.74) is -0.712. The number of nitrogens with zero attached hydrogens (tertiary/aromatic N) is 7. The Morgan fingerprint density at radius 1 is 1.30 bits per heavy atom. The van der Waals surface area contributed by atoms with Crippen LogP contribution < -0.4 is 4.72 Å². The summed E-state index contributed by atoms with van der Waals surface area (Å²) < 4.78 is 60.7. The molecule has 0 saturated heterocycles. The molecule has 0 bridgehead atoms. The Balaban J connectivity index is 1.80. The van der Waals surface area contributed by atoms with Crippen LogP contribution in [0.25, 0.3) is 5.82 Å². The second-order valence-electron chi connectivity index (χ2n) is 7.05. The first-order chi connectivity index (χ1) is 15.5. The van der Waals surface area contributed by atoms with Gasteiger partial charge in [0.05, 0.1) is 16.1 Å². The van der Waals surface area contributed by atoms with Crippen molar-refractivity contribution in [2.75, 3.05) is 6.26 Å². The molecule has 3 aromatic rings. The van der Waals surface area contributed by atoms with Gasteiger partial charge in [0.25, 0.3) is 0 Å². The molecule has 0 spiro atoms. The molecule has 170 valence electrons. The molecule has 1 aliphatic heterocycles. The van der Waals surface area contributed by atoms with Gasteiger partial charge in [0, 0.05) is 18.0 Å². The van der Waals surface area contributed by atoms with Crippen LogP contribution in [0.3, 0.4) is 0 Å². The zero-order valence-corrected chi connectivity index (χ0v) is 18.6. The van der Waals surface area contributed by atoms with E-state index in [1.165, 1.54) is 23.5 Å². The van der Waals surface area contributed by atoms with Crippen LogP contribution in [0.15, 0.2) is 46.1 Å². The van der Waals surface area contributed by atoms with Gasteiger partial charge in [-0.2, -0.15) is 32.6 Å². The summed E-state index contributed by atoms with van der Waals surface area (Å²) in [6, 6.07) is 5.92. The predicted octanol–water partition coefficient (Wildman–Crippen LogP) is 3.96. The highest BCUT2D eigenvalue weighted by molar-refractivity contribution is 7.91. The van der Waals surface area contributed by atoms with Gasteiger partial charge >= 0.3 is 6.18 Å². The number of alkyl halides is 3. The fourth-order valence-electron chi connectivity index (χ4n) is 3.10. The summed E-state index contributed by atoms with van der Waals surface area (Å²) in [5.74, 6) is 0.601. The molecule has 9 nitrogen and oxygen atoms in total. The molecule has 2 aromatic heterocycles. The van der Waals surface area contributed by atoms with E-state index < -0.39 is 27.7 Å². The number of hydrogen-bond acceptors (Lipinski definition) is 7. The first-order valence-corrected chi connectivity index (χ1v) is 11.5. The quantitative estimate of drug-likeness (QED) is 0.590. The number of nitrogens with one attached hydrogen (secondary N) is 1. The van der Waals surface area contributed by atoms with Gasteiger partial charge in [-0.1, -0.05) is 11.6 Å². The lowest BCUT2D eigenvalue weighted by Gasteiger charge is -2.22. The van der Waals surface area contributed by atoms with Crippen LogP contribution in [-0.4, -0.2) is 36.0 Å². The molecule has 1 aliphatic rings. The van der Waals surface area contributed by atoms with Gasteiger partial charge in [0.15, 0.2) is 11.6 Å². The number of aromatic nitrogens is 4. The van der Waals surface area contributed by atoms with E-state index in [-0.39, 0.29) is 22.1 Å². The summed E-state index contributed by atoms with van der Waals surface area (Å²) >= 11 is 6.05. The Morgan fingerprint density at radius 3 is 2.70 bits per heavy atom. The van der Waals surface area contributed by atoms with Crippen molar-refractivity contribution in [1.82, 2.24) is 24.5 Å². The Morgan fingerprint density at radius 2 is 2.06 bits per heavy atom. The molecule has 14 heteroatoms. The molecular weight excluding hydrogens is 481 g/mol. The van der Waals surface area contributed by atoms with Crippen LogP contribution in [-0.2, 0) is 16.1 Å². The lowest BCUT2D eigenvalue weighted by molar-refractivity contribution is -0.137. The first-order valence-electron chi connectivity index (χ1n) is 9.24. The average Bonchev–Trinajstić information content (AvgIpc) is 3.23. The number of halogens is 4. The topological polar surface area (TPSA) is 121 Å². The van der Waals surface area contributed by atoms with Gasteiger partial charge in [-0.15, -0.1) is 0 Å². The molecule has 1 unspecified atom stereocenters. The van der Waals surface area contributed by atoms with Gasteiger partial charge in [-0.25, -0.2) is 14.2 Å². The highest BCUT2D eigenvalue weighted by atomic mass is 35.5. The fourth-order valence-corrected chi connectivity index (χ4v) is 4.53. The van der Waals surface area contributed by atoms with E-state index in [2.05, 4.69) is 29.1 Å². The number of aliphatic imine (C=N–C) groups is 1. The standard InChI is InChI=1S/C19H14ClF3N8OS/c1-10(18-26-9-27-31(18)15-4-3-11(7-24)8-25-15)28-17-13-5-12(19(21,22)23)6-14(20)16(13)29-33(2,32)30-17/h3-6,8-10H,1-2H3,(H,28,29,30,32)/t10-,33?/m0/s1. The minimum Gasteiger partial charge on any atom is -0.283 e. The van der Waals surface area contributed by atoms with Crippen LogP contribution >= 0.6 is 11.6 Å². The van der Waals surface area contributed by atoms with Crippen molar-refractivity contribution in [3.05, 3.63) is 64.3 Å². The third-order valence-electron chi connectivity index (χ3n) is 4.56. The largest absolute Gasteiger partial charge is 0.416 e. The minimum absolute atomic E-state index is 0.0370. The van der Waals surface area contributed by atoms with Gasteiger partial charge < -0.3 is 0 Å². The second kappa shape index (κ2) is 8.13. The molecule has 0 aliphatic carbocycles. The van der Waals surface area contributed by atoms with Crippen molar-refractivity contribution in [3.63, 3.8) is 0 Å². The Labute approximate surface area is 191 Å². The summed E-state index contributed by atoms with van der Waals surface area (Å²) in [4.78, 5) is 12.8. The number of amidine groups is 1. The molecule has 1 aromatic carbocycles. The molecule has 0 fully saturated rings. The molecule has 3 heterocycles. The number of pyridine rings is 1. The summed E-state index contributed by atoms with van der Waals surface area (Å²) in [6.45, 7) is 1.64. The Hall–Kier alpha value is -3.50. The van der Waals surface area contributed by atoms with E-state index in [0.717, 1.165) is 12.1 Å². The van der Waals surface area contributed by atoms with Gasteiger partial charge in [0.1, 0.15) is 39.9 Å². The monoisotopic (exact) mass is 494 g/mol. The van der Waals surface area contributed by atoms with Gasteiger partial charge in [0.2, 0.25) is 0 Å². The minimum atomic E-state index is -4.65. The molecule has 33 heavy (non-hydrogen) atoms. The first kappa shape index (κ1) is 22.7. The van der Waals surface area contributed by atoms with Crippen LogP contribution in [0.5, 0.6) is 0 Å². The van der Waals surface area contributed by atoms with E-state index in [1.807, 2.05) is 6.07 Å². The normalized spacial score (nSPS) is 19.8. The SMILES string of the molecule is C[C@H](N=C1NS(C)(=O)=Nc2c(Cl)cc(C(F)(F)F)cc21)c1ncnn1-c1ccc(C#N)cn1. The number of fused-ring (bicyclic) bond motifs is 1. The van der Waals surface area contributed by atoms with Gasteiger partial charge in [-0.05, 0) is 31.2 Å². The van der Waals surface area contributed by atoms with Crippen molar-refractivity contribution in [2.45, 2.75) is 19.1 Å². The predicted molar refractivity (Wildman–Crippen MR) is 115 cm³/mol. The smallest absolute Gasteiger partial charge is 0.283 e. The van der Waals surface area contributed by atoms with E-state index in [0.29, 0.717) is 17.2 Å². The lowest BCUT2D eigenvalue weighted by Crippen LogP contribution is -2.34. The third-order valence-corrected chi connectivity index (χ3v) is 5.95. The highest BCUT2D eigenvalue weighted by Crippen LogP contribution is 2.39. The van der Waals surface area contributed by atoms with E-state index in [1.54, 1.807) is 19.1 Å². The van der Waals surface area contributed by atoms with Crippen LogP contribution in [0, 0.1) is 11.3 Å². The molecule has 0 saturated carbocycles. The number of nitriles is 1. The number of hydrogen-bond donors (Lipinski definition) is 1. The lowest BCUT2D eigenvalue weighted by atomic mass is 10.1. The van der Waals surface area contributed by atoms with Crippen LogP contribution in [0.1, 0.15) is 35.5 Å². The molecule has 0 radical (unpaired) electrons. The van der Waals surface area contributed by atoms with Crippen molar-refractivity contribution in [1.29, 1.82) is 5.26 Å². The number of rotatable bonds is 3. The summed E-state index contributed by atoms with van der Waals surface area (Å²) in [7, 11) is -3.06. The zero-order chi connectivity index (χ0) is 24.0. The molecule has 0 amide bonds. The molecule has 1 N–H and O–H groups in total. The summed E-state index contributed by atoms with van der Waals surface area (Å²) in [6.07, 6.45) is -0.731. The van der Waals surface area contributed by atoms with E-state index in [4.69, 9.17) is 16.9 Å². The highest BCUT2D eigenvalue weighted by Gasteiger charge is 2.34. The van der Waals surface area contributed by atoms with E-state index >= 15 is 0 Å². The Kier molecular flexibility index (Phi) is 5.59. The summed E-state index contributed by atoms with van der Waals surface area (Å²) in [5, 5.41) is 12.8. The Bertz CT molecular complexity index is 1430. The maximum Gasteiger partial charge on any atom is 0.416 e.